The Balaban J connectivity index is 1.50. The summed E-state index contributed by atoms with van der Waals surface area (Å²) < 4.78 is 49.8. The number of nitrogens with one attached hydrogen (secondary N) is 1. The Bertz CT molecular complexity index is 1550. The molecule has 2 aliphatic rings. The molecule has 5 rings (SSSR count). The number of aryl methyl sites for hydroxylation is 1. The highest BCUT2D eigenvalue weighted by Crippen LogP contribution is 2.41. The summed E-state index contributed by atoms with van der Waals surface area (Å²) in [6.45, 7) is 9.79. The maximum atomic E-state index is 15.6. The third-order valence-electron chi connectivity index (χ3n) is 8.85. The normalized spacial score (nSPS) is 20.9. The lowest BCUT2D eigenvalue weighted by Crippen LogP contribution is -2.58. The second kappa shape index (κ2) is 13.3. The number of piperidine rings is 1. The number of benzene rings is 1. The highest BCUT2D eigenvalue weighted by atomic mass is 19.1. The fourth-order valence-corrected chi connectivity index (χ4v) is 6.37. The van der Waals surface area contributed by atoms with Crippen LogP contribution in [0.25, 0.3) is 5.69 Å². The van der Waals surface area contributed by atoms with E-state index in [9.17, 15) is 4.79 Å². The van der Waals surface area contributed by atoms with Crippen LogP contribution >= 0.6 is 0 Å². The van der Waals surface area contributed by atoms with Gasteiger partial charge >= 0.3 is 5.69 Å². The van der Waals surface area contributed by atoms with Crippen molar-refractivity contribution in [1.29, 1.82) is 0 Å². The molecule has 2 aromatic heterocycles. The van der Waals surface area contributed by atoms with E-state index in [2.05, 4.69) is 44.5 Å². The van der Waals surface area contributed by atoms with E-state index in [-0.39, 0.29) is 59.3 Å². The lowest BCUT2D eigenvalue weighted by molar-refractivity contribution is 0.0402. The van der Waals surface area contributed by atoms with E-state index in [4.69, 9.17) is 14.2 Å². The number of nitrogens with zero attached hydrogens (tertiary/aromatic N) is 8. The Labute approximate surface area is 261 Å². The van der Waals surface area contributed by atoms with Crippen LogP contribution in [0.4, 0.5) is 26.2 Å². The van der Waals surface area contributed by atoms with E-state index < -0.39 is 17.3 Å². The van der Waals surface area contributed by atoms with Crippen molar-refractivity contribution in [1.82, 2.24) is 34.7 Å². The number of anilines is 3. The van der Waals surface area contributed by atoms with Crippen molar-refractivity contribution in [2.75, 3.05) is 44.1 Å². The minimum atomic E-state index is -0.703. The monoisotopic (exact) mass is 631 g/mol. The first-order chi connectivity index (χ1) is 21.4. The number of fused-ring (bicyclic) bond motifs is 1. The predicted molar refractivity (Wildman–Crippen MR) is 164 cm³/mol. The van der Waals surface area contributed by atoms with Crippen LogP contribution < -0.4 is 20.6 Å². The van der Waals surface area contributed by atoms with Gasteiger partial charge in [0.2, 0.25) is 5.95 Å². The average Bonchev–Trinajstić information content (AvgIpc) is 3.63. The van der Waals surface area contributed by atoms with Gasteiger partial charge in [-0.1, -0.05) is 0 Å². The zero-order valence-corrected chi connectivity index (χ0v) is 27.0. The molecule has 0 saturated carbocycles. The quantitative estimate of drug-likeness (QED) is 0.316. The molecular weight excluding hydrogens is 588 g/mol. The summed E-state index contributed by atoms with van der Waals surface area (Å²) in [5.41, 5.74) is -0.545. The number of halogens is 2. The fraction of sp³-hybridized carbons (Fsp3) is 0.633. The van der Waals surface area contributed by atoms with Crippen LogP contribution in [0, 0.1) is 11.6 Å². The fourth-order valence-electron chi connectivity index (χ4n) is 6.37. The Morgan fingerprint density at radius 1 is 1.13 bits per heavy atom. The van der Waals surface area contributed by atoms with Crippen LogP contribution in [-0.4, -0.2) is 98.4 Å². The molecule has 13 nitrogen and oxygen atoms in total. The van der Waals surface area contributed by atoms with Crippen LogP contribution in [-0.2, 0) is 16.5 Å². The number of hydrogen-bond acceptors (Lipinski definition) is 11. The highest BCUT2D eigenvalue weighted by Gasteiger charge is 2.45. The number of methoxy groups -OCH3 is 2. The lowest BCUT2D eigenvalue weighted by Gasteiger charge is -2.50. The van der Waals surface area contributed by atoms with E-state index in [0.29, 0.717) is 12.6 Å². The molecule has 3 aromatic rings. The molecule has 4 heterocycles. The van der Waals surface area contributed by atoms with Crippen LogP contribution in [0.5, 0.6) is 5.75 Å². The lowest BCUT2D eigenvalue weighted by atomic mass is 9.83. The van der Waals surface area contributed by atoms with Gasteiger partial charge in [0.05, 0.1) is 24.1 Å². The van der Waals surface area contributed by atoms with Crippen LogP contribution in [0.1, 0.15) is 53.4 Å². The van der Waals surface area contributed by atoms with Gasteiger partial charge in [0, 0.05) is 51.5 Å². The van der Waals surface area contributed by atoms with Crippen molar-refractivity contribution in [2.24, 2.45) is 7.05 Å². The molecule has 1 N–H and O–H groups in total. The Morgan fingerprint density at radius 2 is 1.89 bits per heavy atom. The van der Waals surface area contributed by atoms with Gasteiger partial charge in [0.1, 0.15) is 18.0 Å². The van der Waals surface area contributed by atoms with Crippen LogP contribution in [0.15, 0.2) is 23.1 Å². The van der Waals surface area contributed by atoms with Crippen molar-refractivity contribution in [3.63, 3.8) is 0 Å². The molecule has 0 unspecified atom stereocenters. The third kappa shape index (κ3) is 6.94. The van der Waals surface area contributed by atoms with Crippen molar-refractivity contribution in [2.45, 2.75) is 83.2 Å². The molecule has 45 heavy (non-hydrogen) atoms. The number of hydrogen-bond donors (Lipinski definition) is 1. The van der Waals surface area contributed by atoms with E-state index >= 15 is 8.78 Å². The standard InChI is InChI=1S/C30H43F2N9O4/c1-18(43-6)16-39(21-11-20-9-8-10-40(20)30(3,4)14-21)27-23(32)15-33-28(35-27)34-24-13-25(41-29(42)38(5)36-37-41)26(12-22(24)31)45-17-19(2)44-7/h12-13,15,18-21H,8-11,14,16-17H2,1-7H3,(H,33,34,35)/t18-,19-,20+,21+/m0/s1. The van der Waals surface area contributed by atoms with Gasteiger partial charge in [-0.3, -0.25) is 4.90 Å². The SMILES string of the molecule is CO[C@@H](C)COc1cc(F)c(Nc2ncc(F)c(N(C[C@H](C)OC)[C@@H]3C[C@H]4CCCN4C(C)(C)C3)n2)cc1-n1nnn(C)c1=O. The minimum Gasteiger partial charge on any atom is -0.489 e. The van der Waals surface area contributed by atoms with Gasteiger partial charge in [-0.15, -0.1) is 0 Å². The molecular formula is C30H43F2N9O4. The van der Waals surface area contributed by atoms with Crippen LogP contribution in [0.3, 0.4) is 0 Å². The maximum Gasteiger partial charge on any atom is 0.368 e. The van der Waals surface area contributed by atoms with E-state index in [1.807, 2.05) is 11.8 Å². The van der Waals surface area contributed by atoms with Crippen molar-refractivity contribution in [3.8, 4) is 11.4 Å². The second-order valence-corrected chi connectivity index (χ2v) is 12.5. The molecule has 246 valence electrons. The summed E-state index contributed by atoms with van der Waals surface area (Å²) >= 11 is 0. The molecule has 0 radical (unpaired) electrons. The largest absolute Gasteiger partial charge is 0.489 e. The molecule has 4 atom stereocenters. The molecule has 15 heteroatoms. The summed E-state index contributed by atoms with van der Waals surface area (Å²) in [5.74, 6) is -1.13. The highest BCUT2D eigenvalue weighted by molar-refractivity contribution is 5.63. The van der Waals surface area contributed by atoms with Crippen molar-refractivity contribution in [3.05, 3.63) is 40.4 Å². The number of rotatable bonds is 12. The first-order valence-electron chi connectivity index (χ1n) is 15.3. The predicted octanol–water partition coefficient (Wildman–Crippen LogP) is 3.44. The van der Waals surface area contributed by atoms with Crippen molar-refractivity contribution < 1.29 is 23.0 Å². The molecule has 2 fully saturated rings. The molecule has 0 bridgehead atoms. The molecule has 0 spiro atoms. The smallest absolute Gasteiger partial charge is 0.368 e. The first-order valence-corrected chi connectivity index (χ1v) is 15.3. The summed E-state index contributed by atoms with van der Waals surface area (Å²) in [6, 6.07) is 2.90. The van der Waals surface area contributed by atoms with Gasteiger partial charge in [-0.25, -0.2) is 18.6 Å². The summed E-state index contributed by atoms with van der Waals surface area (Å²) in [5, 5.41) is 10.5. The zero-order chi connectivity index (χ0) is 32.5. The van der Waals surface area contributed by atoms with Crippen LogP contribution in [0.2, 0.25) is 0 Å². The first kappa shape index (κ1) is 32.7. The van der Waals surface area contributed by atoms with E-state index in [1.165, 1.54) is 20.2 Å². The van der Waals surface area contributed by atoms with Gasteiger partial charge < -0.3 is 24.4 Å². The molecule has 0 amide bonds. The molecule has 2 saturated heterocycles. The average molecular weight is 632 g/mol. The van der Waals surface area contributed by atoms with Gasteiger partial charge in [-0.05, 0) is 76.4 Å². The molecule has 1 aromatic carbocycles. The number of aromatic nitrogens is 6. The summed E-state index contributed by atoms with van der Waals surface area (Å²) in [4.78, 5) is 26.0. The van der Waals surface area contributed by atoms with E-state index in [0.717, 1.165) is 53.9 Å². The number of ether oxygens (including phenoxy) is 3. The Kier molecular flexibility index (Phi) is 9.70. The Hall–Kier alpha value is -3.69. The second-order valence-electron chi connectivity index (χ2n) is 12.5. The Morgan fingerprint density at radius 3 is 2.58 bits per heavy atom. The molecule has 2 aliphatic heterocycles. The minimum absolute atomic E-state index is 0.00648. The maximum absolute atomic E-state index is 15.6. The number of tetrazole rings is 1. The van der Waals surface area contributed by atoms with Gasteiger partial charge in [0.25, 0.3) is 0 Å². The van der Waals surface area contributed by atoms with Gasteiger partial charge in [0.15, 0.2) is 17.5 Å². The summed E-state index contributed by atoms with van der Waals surface area (Å²) in [7, 11) is 4.60. The third-order valence-corrected chi connectivity index (χ3v) is 8.85. The van der Waals surface area contributed by atoms with E-state index in [1.54, 1.807) is 14.0 Å². The topological polar surface area (TPSA) is 125 Å². The molecule has 0 aliphatic carbocycles. The summed E-state index contributed by atoms with van der Waals surface area (Å²) in [6.07, 6.45) is 4.54. The van der Waals surface area contributed by atoms with Gasteiger partial charge in [-0.2, -0.15) is 14.3 Å². The zero-order valence-electron chi connectivity index (χ0n) is 27.0. The van der Waals surface area contributed by atoms with Crippen molar-refractivity contribution >= 4 is 17.5 Å².